The van der Waals surface area contributed by atoms with Gasteiger partial charge in [-0.1, -0.05) is 43.3 Å². The van der Waals surface area contributed by atoms with Crippen LogP contribution in [0.4, 0.5) is 8.78 Å². The minimum Gasteiger partial charge on any atom is -0.323 e. The molecule has 2 aromatic rings. The Kier molecular flexibility index (Phi) is 3.72. The highest BCUT2D eigenvalue weighted by Crippen LogP contribution is 2.28. The molecular formula is C15H15F2N. The molecule has 3 heteroatoms. The van der Waals surface area contributed by atoms with Crippen LogP contribution in [-0.2, 0) is 0 Å². The first-order valence-corrected chi connectivity index (χ1v) is 5.85. The van der Waals surface area contributed by atoms with E-state index < -0.39 is 11.6 Å². The molecule has 0 fully saturated rings. The van der Waals surface area contributed by atoms with E-state index in [1.807, 2.05) is 37.3 Å². The second-order valence-corrected chi connectivity index (χ2v) is 4.40. The van der Waals surface area contributed by atoms with Gasteiger partial charge >= 0.3 is 0 Å². The van der Waals surface area contributed by atoms with E-state index >= 15 is 0 Å². The van der Waals surface area contributed by atoms with E-state index in [0.29, 0.717) is 5.56 Å². The molecule has 0 spiro atoms. The first-order valence-electron chi connectivity index (χ1n) is 5.85. The number of benzene rings is 2. The second kappa shape index (κ2) is 5.27. The summed E-state index contributed by atoms with van der Waals surface area (Å²) >= 11 is 0. The standard InChI is InChI=1S/C15H15F2N/c1-10(11-5-3-2-4-6-11)15(18)12-7-8-13(16)14(17)9-12/h2-10,15H,18H2,1H3. The predicted octanol–water partition coefficient (Wildman–Crippen LogP) is 3.77. The largest absolute Gasteiger partial charge is 0.323 e. The summed E-state index contributed by atoms with van der Waals surface area (Å²) in [5.41, 5.74) is 7.78. The summed E-state index contributed by atoms with van der Waals surface area (Å²) in [7, 11) is 0. The topological polar surface area (TPSA) is 26.0 Å². The van der Waals surface area contributed by atoms with Crippen molar-refractivity contribution in [1.29, 1.82) is 0 Å². The van der Waals surface area contributed by atoms with Crippen LogP contribution in [0.15, 0.2) is 48.5 Å². The predicted molar refractivity (Wildman–Crippen MR) is 68.1 cm³/mol. The molecule has 2 unspecified atom stereocenters. The van der Waals surface area contributed by atoms with Gasteiger partial charge in [-0.05, 0) is 23.3 Å². The molecule has 0 radical (unpaired) electrons. The Morgan fingerprint density at radius 2 is 1.56 bits per heavy atom. The van der Waals surface area contributed by atoms with Crippen molar-refractivity contribution >= 4 is 0 Å². The third kappa shape index (κ3) is 2.57. The third-order valence-electron chi connectivity index (χ3n) is 3.19. The summed E-state index contributed by atoms with van der Waals surface area (Å²) in [5.74, 6) is -1.67. The minimum absolute atomic E-state index is 0.0380. The highest BCUT2D eigenvalue weighted by molar-refractivity contribution is 5.27. The van der Waals surface area contributed by atoms with E-state index in [2.05, 4.69) is 0 Å². The average Bonchev–Trinajstić information content (AvgIpc) is 2.41. The van der Waals surface area contributed by atoms with Gasteiger partial charge in [0.25, 0.3) is 0 Å². The molecule has 18 heavy (non-hydrogen) atoms. The minimum atomic E-state index is -0.858. The van der Waals surface area contributed by atoms with Gasteiger partial charge < -0.3 is 5.73 Å². The molecule has 94 valence electrons. The Morgan fingerprint density at radius 3 is 2.17 bits per heavy atom. The Labute approximate surface area is 105 Å². The van der Waals surface area contributed by atoms with E-state index in [1.165, 1.54) is 12.1 Å². The fraction of sp³-hybridized carbons (Fsp3) is 0.200. The number of halogens is 2. The Bertz CT molecular complexity index is 525. The van der Waals surface area contributed by atoms with Gasteiger partial charge in [0.1, 0.15) is 0 Å². The van der Waals surface area contributed by atoms with Crippen molar-refractivity contribution in [3.05, 3.63) is 71.3 Å². The molecule has 2 rings (SSSR count). The fourth-order valence-electron chi connectivity index (χ4n) is 1.97. The van der Waals surface area contributed by atoms with Crippen molar-refractivity contribution < 1.29 is 8.78 Å². The van der Waals surface area contributed by atoms with Crippen LogP contribution < -0.4 is 5.73 Å². The molecule has 2 atom stereocenters. The molecule has 0 aliphatic heterocycles. The van der Waals surface area contributed by atoms with E-state index in [-0.39, 0.29) is 12.0 Å². The van der Waals surface area contributed by atoms with Crippen LogP contribution in [0.25, 0.3) is 0 Å². The second-order valence-electron chi connectivity index (χ2n) is 4.40. The van der Waals surface area contributed by atoms with Gasteiger partial charge in [-0.25, -0.2) is 8.78 Å². The summed E-state index contributed by atoms with van der Waals surface area (Å²) in [5, 5.41) is 0. The van der Waals surface area contributed by atoms with Crippen molar-refractivity contribution in [2.45, 2.75) is 18.9 Å². The first kappa shape index (κ1) is 12.7. The monoisotopic (exact) mass is 247 g/mol. The maximum Gasteiger partial charge on any atom is 0.159 e. The molecule has 0 aliphatic rings. The zero-order valence-corrected chi connectivity index (χ0v) is 10.1. The van der Waals surface area contributed by atoms with Gasteiger partial charge in [-0.2, -0.15) is 0 Å². The van der Waals surface area contributed by atoms with Gasteiger partial charge in [0.05, 0.1) is 0 Å². The Morgan fingerprint density at radius 1 is 0.889 bits per heavy atom. The van der Waals surface area contributed by atoms with Crippen molar-refractivity contribution in [1.82, 2.24) is 0 Å². The van der Waals surface area contributed by atoms with Crippen LogP contribution in [0.1, 0.15) is 30.0 Å². The van der Waals surface area contributed by atoms with E-state index in [0.717, 1.165) is 11.6 Å². The van der Waals surface area contributed by atoms with E-state index in [1.54, 1.807) is 0 Å². The van der Waals surface area contributed by atoms with Crippen LogP contribution in [0.3, 0.4) is 0 Å². The van der Waals surface area contributed by atoms with Crippen LogP contribution in [0, 0.1) is 11.6 Å². The Balaban J connectivity index is 2.25. The smallest absolute Gasteiger partial charge is 0.159 e. The van der Waals surface area contributed by atoms with Gasteiger partial charge in [0.15, 0.2) is 11.6 Å². The molecule has 1 nitrogen and oxygen atoms in total. The summed E-state index contributed by atoms with van der Waals surface area (Å²) in [6.07, 6.45) is 0. The molecule has 0 saturated carbocycles. The van der Waals surface area contributed by atoms with Crippen LogP contribution in [0.5, 0.6) is 0 Å². The van der Waals surface area contributed by atoms with Gasteiger partial charge in [0, 0.05) is 12.0 Å². The lowest BCUT2D eigenvalue weighted by molar-refractivity contribution is 0.502. The molecule has 0 bridgehead atoms. The Hall–Kier alpha value is -1.74. The van der Waals surface area contributed by atoms with Crippen molar-refractivity contribution in [2.24, 2.45) is 5.73 Å². The quantitative estimate of drug-likeness (QED) is 0.877. The van der Waals surface area contributed by atoms with Gasteiger partial charge in [0.2, 0.25) is 0 Å². The lowest BCUT2D eigenvalue weighted by Crippen LogP contribution is -2.18. The molecule has 2 N–H and O–H groups in total. The maximum absolute atomic E-state index is 13.2. The summed E-state index contributed by atoms with van der Waals surface area (Å²) < 4.78 is 26.0. The van der Waals surface area contributed by atoms with Crippen molar-refractivity contribution in [2.75, 3.05) is 0 Å². The molecule has 0 aromatic heterocycles. The highest BCUT2D eigenvalue weighted by Gasteiger charge is 2.17. The number of nitrogens with two attached hydrogens (primary N) is 1. The SMILES string of the molecule is CC(c1ccccc1)C(N)c1ccc(F)c(F)c1. The summed E-state index contributed by atoms with van der Waals surface area (Å²) in [6, 6.07) is 13.2. The number of hydrogen-bond donors (Lipinski definition) is 1. The zero-order chi connectivity index (χ0) is 13.1. The first-order chi connectivity index (χ1) is 8.59. The van der Waals surface area contributed by atoms with Crippen LogP contribution >= 0.6 is 0 Å². The van der Waals surface area contributed by atoms with E-state index in [4.69, 9.17) is 5.73 Å². The van der Waals surface area contributed by atoms with Crippen molar-refractivity contribution in [3.8, 4) is 0 Å². The summed E-state index contributed by atoms with van der Waals surface area (Å²) in [4.78, 5) is 0. The zero-order valence-electron chi connectivity index (χ0n) is 10.1. The maximum atomic E-state index is 13.2. The normalized spacial score (nSPS) is 14.2. The fourth-order valence-corrected chi connectivity index (χ4v) is 1.97. The van der Waals surface area contributed by atoms with Crippen LogP contribution in [0.2, 0.25) is 0 Å². The lowest BCUT2D eigenvalue weighted by Gasteiger charge is -2.20. The highest BCUT2D eigenvalue weighted by atomic mass is 19.2. The lowest BCUT2D eigenvalue weighted by atomic mass is 9.89. The molecular weight excluding hydrogens is 232 g/mol. The molecule has 2 aromatic carbocycles. The number of rotatable bonds is 3. The molecule has 0 heterocycles. The number of hydrogen-bond acceptors (Lipinski definition) is 1. The average molecular weight is 247 g/mol. The molecule has 0 saturated heterocycles. The molecule has 0 amide bonds. The molecule has 0 aliphatic carbocycles. The summed E-state index contributed by atoms with van der Waals surface area (Å²) in [6.45, 7) is 1.97. The van der Waals surface area contributed by atoms with Crippen LogP contribution in [-0.4, -0.2) is 0 Å². The van der Waals surface area contributed by atoms with Crippen molar-refractivity contribution in [3.63, 3.8) is 0 Å². The van der Waals surface area contributed by atoms with Gasteiger partial charge in [-0.15, -0.1) is 0 Å². The van der Waals surface area contributed by atoms with E-state index in [9.17, 15) is 8.78 Å². The third-order valence-corrected chi connectivity index (χ3v) is 3.19. The van der Waals surface area contributed by atoms with Gasteiger partial charge in [-0.3, -0.25) is 0 Å².